The van der Waals surface area contributed by atoms with E-state index in [1.54, 1.807) is 29.2 Å². The second-order valence-electron chi connectivity index (χ2n) is 4.62. The lowest BCUT2D eigenvalue weighted by molar-refractivity contribution is 0.102. The molecule has 21 heavy (non-hydrogen) atoms. The molecule has 1 amide bonds. The number of aliphatic hydroxyl groups excluding tert-OH is 1. The van der Waals surface area contributed by atoms with Gasteiger partial charge in [0.15, 0.2) is 0 Å². The number of nitrogens with one attached hydrogen (secondary N) is 1. The van der Waals surface area contributed by atoms with E-state index in [1.807, 2.05) is 13.8 Å². The summed E-state index contributed by atoms with van der Waals surface area (Å²) in [4.78, 5) is 16.3. The van der Waals surface area contributed by atoms with Crippen molar-refractivity contribution in [3.63, 3.8) is 0 Å². The van der Waals surface area contributed by atoms with Crippen LogP contribution in [0.4, 0.5) is 5.69 Å². The van der Waals surface area contributed by atoms with E-state index >= 15 is 0 Å². The van der Waals surface area contributed by atoms with Crippen molar-refractivity contribution in [2.24, 2.45) is 0 Å². The number of anilines is 1. The lowest BCUT2D eigenvalue weighted by Crippen LogP contribution is -2.15. The molecule has 2 aromatic rings. The van der Waals surface area contributed by atoms with Gasteiger partial charge in [0.2, 0.25) is 0 Å². The normalized spacial score (nSPS) is 10.1. The summed E-state index contributed by atoms with van der Waals surface area (Å²) in [5.41, 5.74) is 1.29. The molecule has 0 fully saturated rings. The van der Waals surface area contributed by atoms with Gasteiger partial charge in [0.05, 0.1) is 17.4 Å². The van der Waals surface area contributed by atoms with Crippen LogP contribution in [-0.2, 0) is 0 Å². The molecule has 6 nitrogen and oxygen atoms in total. The Bertz CT molecular complexity index is 695. The minimum Gasteiger partial charge on any atom is -0.384 e. The van der Waals surface area contributed by atoms with Crippen LogP contribution in [0.5, 0.6) is 0 Å². The molecular formula is C15H16N4O2. The molecule has 0 aliphatic heterocycles. The van der Waals surface area contributed by atoms with Gasteiger partial charge in [0.25, 0.3) is 5.91 Å². The second-order valence-corrected chi connectivity index (χ2v) is 4.62. The van der Waals surface area contributed by atoms with Crippen molar-refractivity contribution in [2.45, 2.75) is 19.9 Å². The van der Waals surface area contributed by atoms with Gasteiger partial charge in [-0.3, -0.25) is 9.48 Å². The third-order valence-corrected chi connectivity index (χ3v) is 2.71. The van der Waals surface area contributed by atoms with Crippen LogP contribution in [0.2, 0.25) is 0 Å². The summed E-state index contributed by atoms with van der Waals surface area (Å²) in [5, 5.41) is 15.6. The highest BCUT2D eigenvalue weighted by Crippen LogP contribution is 2.12. The van der Waals surface area contributed by atoms with Crippen LogP contribution in [0.25, 0.3) is 0 Å². The topological polar surface area (TPSA) is 80.0 Å². The predicted octanol–water partition coefficient (Wildman–Crippen LogP) is 1.46. The van der Waals surface area contributed by atoms with E-state index in [0.29, 0.717) is 11.3 Å². The highest BCUT2D eigenvalue weighted by atomic mass is 16.2. The summed E-state index contributed by atoms with van der Waals surface area (Å²) in [6.07, 6.45) is 4.86. The maximum absolute atomic E-state index is 12.2. The van der Waals surface area contributed by atoms with E-state index in [0.717, 1.165) is 0 Å². The average Bonchev–Trinajstić information content (AvgIpc) is 2.94. The Labute approximate surface area is 122 Å². The maximum atomic E-state index is 12.2. The molecular weight excluding hydrogens is 268 g/mol. The molecule has 0 aromatic carbocycles. The predicted molar refractivity (Wildman–Crippen MR) is 78.8 cm³/mol. The minimum absolute atomic E-state index is 0.218. The fraction of sp³-hybridized carbons (Fsp3) is 0.267. The van der Waals surface area contributed by atoms with Crippen molar-refractivity contribution in [2.75, 3.05) is 11.9 Å². The van der Waals surface area contributed by atoms with Crippen LogP contribution >= 0.6 is 0 Å². The third kappa shape index (κ3) is 3.68. The largest absolute Gasteiger partial charge is 0.384 e. The first-order chi connectivity index (χ1) is 10.1. The molecule has 0 saturated carbocycles. The lowest BCUT2D eigenvalue weighted by atomic mass is 10.2. The Morgan fingerprint density at radius 3 is 3.00 bits per heavy atom. The van der Waals surface area contributed by atoms with Crippen LogP contribution in [0.3, 0.4) is 0 Å². The zero-order valence-electron chi connectivity index (χ0n) is 11.9. The van der Waals surface area contributed by atoms with Gasteiger partial charge in [0.1, 0.15) is 12.3 Å². The number of rotatable bonds is 3. The number of hydrogen-bond acceptors (Lipinski definition) is 4. The van der Waals surface area contributed by atoms with Gasteiger partial charge in [-0.05, 0) is 26.0 Å². The van der Waals surface area contributed by atoms with Crippen LogP contribution in [0.1, 0.15) is 35.9 Å². The third-order valence-electron chi connectivity index (χ3n) is 2.71. The number of hydrogen-bond donors (Lipinski definition) is 2. The average molecular weight is 284 g/mol. The molecule has 0 bridgehead atoms. The molecule has 0 radical (unpaired) electrons. The van der Waals surface area contributed by atoms with E-state index in [1.165, 1.54) is 6.20 Å². The summed E-state index contributed by atoms with van der Waals surface area (Å²) >= 11 is 0. The van der Waals surface area contributed by atoms with Gasteiger partial charge in [-0.15, -0.1) is 0 Å². The summed E-state index contributed by atoms with van der Waals surface area (Å²) in [7, 11) is 0. The summed E-state index contributed by atoms with van der Waals surface area (Å²) < 4.78 is 1.75. The molecule has 0 unspecified atom stereocenters. The first-order valence-corrected chi connectivity index (χ1v) is 6.52. The number of pyridine rings is 1. The van der Waals surface area contributed by atoms with Crippen molar-refractivity contribution >= 4 is 11.6 Å². The Morgan fingerprint density at radius 2 is 2.33 bits per heavy atom. The second kappa shape index (κ2) is 6.68. The fourth-order valence-electron chi connectivity index (χ4n) is 1.70. The molecule has 0 saturated heterocycles. The number of aliphatic hydroxyl groups is 1. The molecule has 2 N–H and O–H groups in total. The molecule has 0 spiro atoms. The Kier molecular flexibility index (Phi) is 4.69. The molecule has 0 atom stereocenters. The van der Waals surface area contributed by atoms with Gasteiger partial charge >= 0.3 is 0 Å². The van der Waals surface area contributed by atoms with Gasteiger partial charge < -0.3 is 10.4 Å². The van der Waals surface area contributed by atoms with Gasteiger partial charge in [-0.2, -0.15) is 5.10 Å². The number of amides is 1. The van der Waals surface area contributed by atoms with Crippen molar-refractivity contribution < 1.29 is 9.90 Å². The summed E-state index contributed by atoms with van der Waals surface area (Å²) in [6.45, 7) is 3.73. The van der Waals surface area contributed by atoms with Crippen molar-refractivity contribution in [1.29, 1.82) is 0 Å². The van der Waals surface area contributed by atoms with Crippen LogP contribution < -0.4 is 5.32 Å². The van der Waals surface area contributed by atoms with Gasteiger partial charge in [0, 0.05) is 18.4 Å². The standard InChI is InChI=1S/C15H16N4O2/c1-11(2)19-10-13(9-17-19)18-15(21)14-12(6-4-8-20)5-3-7-16-14/h3,5,7,9-11,20H,8H2,1-2H3,(H,18,21). The Balaban J connectivity index is 2.20. The molecule has 0 aliphatic rings. The molecule has 2 rings (SSSR count). The van der Waals surface area contributed by atoms with Crippen molar-refractivity contribution in [1.82, 2.24) is 14.8 Å². The summed E-state index contributed by atoms with van der Waals surface area (Å²) in [6, 6.07) is 3.59. The highest BCUT2D eigenvalue weighted by molar-refractivity contribution is 6.04. The molecule has 2 heterocycles. The smallest absolute Gasteiger partial charge is 0.275 e. The van der Waals surface area contributed by atoms with Crippen LogP contribution in [0, 0.1) is 11.8 Å². The number of nitrogens with zero attached hydrogens (tertiary/aromatic N) is 3. The number of carbonyl (C=O) groups is 1. The molecule has 108 valence electrons. The lowest BCUT2D eigenvalue weighted by Gasteiger charge is -2.05. The summed E-state index contributed by atoms with van der Waals surface area (Å²) in [5.74, 6) is 4.86. The van der Waals surface area contributed by atoms with Crippen LogP contribution in [0.15, 0.2) is 30.7 Å². The Morgan fingerprint density at radius 1 is 1.52 bits per heavy atom. The molecule has 6 heteroatoms. The zero-order chi connectivity index (χ0) is 15.2. The Hall–Kier alpha value is -2.65. The molecule has 2 aromatic heterocycles. The molecule has 0 aliphatic carbocycles. The maximum Gasteiger partial charge on any atom is 0.275 e. The monoisotopic (exact) mass is 284 g/mol. The van der Waals surface area contributed by atoms with Crippen molar-refractivity contribution in [3.05, 3.63) is 42.0 Å². The number of aromatic nitrogens is 3. The first kappa shape index (κ1) is 14.8. The zero-order valence-corrected chi connectivity index (χ0v) is 11.9. The van der Waals surface area contributed by atoms with E-state index < -0.39 is 0 Å². The van der Waals surface area contributed by atoms with E-state index in [2.05, 4.69) is 27.2 Å². The first-order valence-electron chi connectivity index (χ1n) is 6.52. The van der Waals surface area contributed by atoms with Crippen molar-refractivity contribution in [3.8, 4) is 11.8 Å². The quantitative estimate of drug-likeness (QED) is 0.836. The van der Waals surface area contributed by atoms with Gasteiger partial charge in [-0.25, -0.2) is 4.98 Å². The van der Waals surface area contributed by atoms with E-state index in [-0.39, 0.29) is 24.2 Å². The van der Waals surface area contributed by atoms with Crippen LogP contribution in [-0.4, -0.2) is 32.4 Å². The minimum atomic E-state index is -0.360. The van der Waals surface area contributed by atoms with E-state index in [4.69, 9.17) is 5.11 Å². The number of carbonyl (C=O) groups excluding carboxylic acids is 1. The van der Waals surface area contributed by atoms with Gasteiger partial charge in [-0.1, -0.05) is 11.8 Å². The SMILES string of the molecule is CC(C)n1cc(NC(=O)c2ncccc2C#CCO)cn1. The van der Waals surface area contributed by atoms with E-state index in [9.17, 15) is 4.79 Å². The fourth-order valence-corrected chi connectivity index (χ4v) is 1.70. The highest BCUT2D eigenvalue weighted by Gasteiger charge is 2.13.